The highest BCUT2D eigenvalue weighted by molar-refractivity contribution is 5.69. The van der Waals surface area contributed by atoms with Crippen LogP contribution in [0, 0.1) is 25.6 Å². The van der Waals surface area contributed by atoms with Crippen molar-refractivity contribution < 1.29 is 9.13 Å². The van der Waals surface area contributed by atoms with Crippen molar-refractivity contribution in [1.82, 2.24) is 14.5 Å². The summed E-state index contributed by atoms with van der Waals surface area (Å²) >= 11 is 0. The molecule has 6 rings (SSSR count). The second-order valence-electron chi connectivity index (χ2n) is 10.2. The van der Waals surface area contributed by atoms with E-state index in [1.54, 1.807) is 19.1 Å². The van der Waals surface area contributed by atoms with Crippen LogP contribution in [-0.2, 0) is 6.54 Å². The number of benzene rings is 3. The van der Waals surface area contributed by atoms with Crippen molar-refractivity contribution in [2.75, 3.05) is 6.61 Å². The van der Waals surface area contributed by atoms with Gasteiger partial charge in [-0.3, -0.25) is 0 Å². The Kier molecular flexibility index (Phi) is 8.06. The Balaban J connectivity index is 0.00000151. The molecule has 0 saturated heterocycles. The highest BCUT2D eigenvalue weighted by atomic mass is 19.1. The van der Waals surface area contributed by atoms with E-state index in [9.17, 15) is 4.39 Å². The van der Waals surface area contributed by atoms with Crippen LogP contribution in [0.15, 0.2) is 79.1 Å². The molecule has 0 aromatic heterocycles. The van der Waals surface area contributed by atoms with E-state index in [1.807, 2.05) is 38.4 Å². The SMILES string of the molecule is CC.Cc1cc(OCC2CCC2)ccc1-c1ccc(Cn2ccc3nc(-c4cccc(C)c4F)nc-3c2)cc1. The number of aryl methyl sites for hydroxylation is 2. The topological polar surface area (TPSA) is 39.9 Å². The number of rotatable bonds is 7. The van der Waals surface area contributed by atoms with Crippen LogP contribution in [0.2, 0.25) is 0 Å². The fourth-order valence-corrected chi connectivity index (χ4v) is 4.91. The highest BCUT2D eigenvalue weighted by Gasteiger charge is 2.18. The monoisotopic (exact) mass is 521 g/mol. The van der Waals surface area contributed by atoms with Gasteiger partial charge in [0.2, 0.25) is 0 Å². The van der Waals surface area contributed by atoms with Gasteiger partial charge in [-0.1, -0.05) is 62.7 Å². The average Bonchev–Trinajstić information content (AvgIpc) is 3.34. The highest BCUT2D eigenvalue weighted by Crippen LogP contribution is 2.31. The number of pyridine rings is 1. The molecule has 0 atom stereocenters. The van der Waals surface area contributed by atoms with E-state index in [-0.39, 0.29) is 5.82 Å². The molecule has 0 bridgehead atoms. The first-order valence-corrected chi connectivity index (χ1v) is 14.0. The van der Waals surface area contributed by atoms with E-state index in [0.29, 0.717) is 23.5 Å². The van der Waals surface area contributed by atoms with Gasteiger partial charge in [0.25, 0.3) is 0 Å². The molecule has 4 nitrogen and oxygen atoms in total. The summed E-state index contributed by atoms with van der Waals surface area (Å²) in [5.74, 6) is 1.85. The molecule has 1 fully saturated rings. The first-order valence-electron chi connectivity index (χ1n) is 14.0. The Bertz CT molecular complexity index is 1520. The van der Waals surface area contributed by atoms with Crippen LogP contribution in [0.1, 0.15) is 49.8 Å². The van der Waals surface area contributed by atoms with Crippen LogP contribution in [-0.4, -0.2) is 21.1 Å². The number of aromatic nitrogens is 3. The predicted octanol–water partition coefficient (Wildman–Crippen LogP) is 8.73. The molecule has 3 aliphatic rings. The zero-order valence-electron chi connectivity index (χ0n) is 23.2. The lowest BCUT2D eigenvalue weighted by atomic mass is 9.86. The third kappa shape index (κ3) is 5.88. The number of nitrogens with zero attached hydrogens (tertiary/aromatic N) is 3. The van der Waals surface area contributed by atoms with Crippen LogP contribution < -0.4 is 4.74 Å². The summed E-state index contributed by atoms with van der Waals surface area (Å²) < 4.78 is 22.7. The van der Waals surface area contributed by atoms with Crippen molar-refractivity contribution in [3.63, 3.8) is 0 Å². The largest absolute Gasteiger partial charge is 0.493 e. The molecule has 0 amide bonds. The van der Waals surface area contributed by atoms with Crippen LogP contribution in [0.5, 0.6) is 5.75 Å². The molecule has 0 spiro atoms. The Morgan fingerprint density at radius 3 is 2.36 bits per heavy atom. The molecule has 2 heterocycles. The number of hydrogen-bond donors (Lipinski definition) is 0. The summed E-state index contributed by atoms with van der Waals surface area (Å²) in [4.78, 5) is 9.15. The van der Waals surface area contributed by atoms with Crippen molar-refractivity contribution in [3.05, 3.63) is 102 Å². The molecule has 3 aromatic carbocycles. The molecule has 5 heteroatoms. The minimum atomic E-state index is -0.267. The number of fused-ring (bicyclic) bond motifs is 1. The molecule has 200 valence electrons. The van der Waals surface area contributed by atoms with Gasteiger partial charge in [-0.2, -0.15) is 0 Å². The lowest BCUT2D eigenvalue weighted by Crippen LogP contribution is -2.19. The van der Waals surface area contributed by atoms with Gasteiger partial charge in [0.05, 0.1) is 17.9 Å². The zero-order chi connectivity index (χ0) is 27.4. The molecule has 0 unspecified atom stereocenters. The normalized spacial score (nSPS) is 13.1. The first kappa shape index (κ1) is 26.6. The quantitative estimate of drug-likeness (QED) is 0.215. The number of ether oxygens (including phenoxy) is 1. The standard InChI is InChI=1S/C32H30FN3O.C2H6/c1-21-5-3-8-28(31(21)33)32-34-29-15-16-36(19-30(29)35-32)18-23-9-11-25(12-10-23)27-14-13-26(17-22(27)2)37-20-24-6-4-7-24;1-2/h3,5,8-17,19,24H,4,6-7,18,20H2,1-2H3;1-2H3. The van der Waals surface area contributed by atoms with Crippen molar-refractivity contribution in [1.29, 1.82) is 0 Å². The Morgan fingerprint density at radius 1 is 0.872 bits per heavy atom. The van der Waals surface area contributed by atoms with Gasteiger partial charge in [-0.05, 0) is 84.7 Å². The van der Waals surface area contributed by atoms with E-state index in [0.717, 1.165) is 29.7 Å². The summed E-state index contributed by atoms with van der Waals surface area (Å²) in [5, 5.41) is 0. The van der Waals surface area contributed by atoms with E-state index >= 15 is 0 Å². The number of halogens is 1. The first-order chi connectivity index (χ1) is 19.0. The van der Waals surface area contributed by atoms with Gasteiger partial charge in [-0.25, -0.2) is 14.4 Å². The van der Waals surface area contributed by atoms with Gasteiger partial charge in [0.1, 0.15) is 17.3 Å². The van der Waals surface area contributed by atoms with Gasteiger partial charge < -0.3 is 9.30 Å². The summed E-state index contributed by atoms with van der Waals surface area (Å²) in [6.45, 7) is 9.44. The average molecular weight is 522 g/mol. The fourth-order valence-electron chi connectivity index (χ4n) is 4.91. The predicted molar refractivity (Wildman–Crippen MR) is 157 cm³/mol. The molecule has 39 heavy (non-hydrogen) atoms. The number of imidazole rings is 1. The molecular formula is C34H36FN3O. The van der Waals surface area contributed by atoms with Crippen molar-refractivity contribution in [2.45, 2.75) is 53.5 Å². The molecule has 2 aliphatic heterocycles. The third-order valence-corrected chi connectivity index (χ3v) is 7.40. The summed E-state index contributed by atoms with van der Waals surface area (Å²) in [7, 11) is 0. The Morgan fingerprint density at radius 2 is 1.64 bits per heavy atom. The second kappa shape index (κ2) is 11.8. The van der Waals surface area contributed by atoms with Crippen LogP contribution in [0.25, 0.3) is 33.9 Å². The maximum atomic E-state index is 14.6. The minimum Gasteiger partial charge on any atom is -0.493 e. The van der Waals surface area contributed by atoms with E-state index in [1.165, 1.54) is 41.5 Å². The van der Waals surface area contributed by atoms with Gasteiger partial charge >= 0.3 is 0 Å². The molecule has 0 radical (unpaired) electrons. The summed E-state index contributed by atoms with van der Waals surface area (Å²) in [6.07, 6.45) is 7.90. The molecular weight excluding hydrogens is 485 g/mol. The fraction of sp³-hybridized carbons (Fsp3) is 0.294. The lowest BCUT2D eigenvalue weighted by Gasteiger charge is -2.25. The Labute approximate surface area is 230 Å². The van der Waals surface area contributed by atoms with Crippen LogP contribution in [0.3, 0.4) is 0 Å². The van der Waals surface area contributed by atoms with Gasteiger partial charge in [0.15, 0.2) is 5.82 Å². The van der Waals surface area contributed by atoms with Gasteiger partial charge in [0, 0.05) is 18.9 Å². The second-order valence-corrected chi connectivity index (χ2v) is 10.2. The lowest BCUT2D eigenvalue weighted by molar-refractivity contribution is 0.180. The molecule has 1 saturated carbocycles. The third-order valence-electron chi connectivity index (χ3n) is 7.40. The summed E-state index contributed by atoms with van der Waals surface area (Å²) in [6, 6.07) is 22.3. The van der Waals surface area contributed by atoms with Crippen LogP contribution in [0.4, 0.5) is 4.39 Å². The summed E-state index contributed by atoms with van der Waals surface area (Å²) in [5.41, 5.74) is 7.37. The maximum absolute atomic E-state index is 14.6. The van der Waals surface area contributed by atoms with E-state index < -0.39 is 0 Å². The zero-order valence-corrected chi connectivity index (χ0v) is 23.2. The smallest absolute Gasteiger partial charge is 0.163 e. The van der Waals surface area contributed by atoms with Crippen molar-refractivity contribution >= 4 is 0 Å². The van der Waals surface area contributed by atoms with E-state index in [2.05, 4.69) is 63.9 Å². The molecule has 1 aliphatic carbocycles. The van der Waals surface area contributed by atoms with E-state index in [4.69, 9.17) is 4.74 Å². The van der Waals surface area contributed by atoms with Crippen molar-refractivity contribution in [2.24, 2.45) is 5.92 Å². The minimum absolute atomic E-state index is 0.267. The van der Waals surface area contributed by atoms with Crippen LogP contribution >= 0.6 is 0 Å². The maximum Gasteiger partial charge on any atom is 0.163 e. The van der Waals surface area contributed by atoms with Crippen molar-refractivity contribution in [3.8, 4) is 39.7 Å². The van der Waals surface area contributed by atoms with Gasteiger partial charge in [-0.15, -0.1) is 0 Å². The Hall–Kier alpha value is -3.99. The molecule has 3 aromatic rings. The molecule has 0 N–H and O–H groups in total. The number of hydrogen-bond acceptors (Lipinski definition) is 3.